The minimum absolute atomic E-state index is 0.154. The summed E-state index contributed by atoms with van der Waals surface area (Å²) in [6.07, 6.45) is 3.46. The van der Waals surface area contributed by atoms with Crippen LogP contribution in [0.3, 0.4) is 0 Å². The van der Waals surface area contributed by atoms with Crippen molar-refractivity contribution in [3.63, 3.8) is 0 Å². The van der Waals surface area contributed by atoms with Gasteiger partial charge in [-0.2, -0.15) is 9.78 Å². The van der Waals surface area contributed by atoms with E-state index in [1.54, 1.807) is 18.3 Å². The van der Waals surface area contributed by atoms with Crippen LogP contribution in [0.25, 0.3) is 27.8 Å². The maximum atomic E-state index is 13.6. The van der Waals surface area contributed by atoms with Gasteiger partial charge in [-0.15, -0.1) is 0 Å². The second-order valence-corrected chi connectivity index (χ2v) is 8.32. The summed E-state index contributed by atoms with van der Waals surface area (Å²) in [5, 5.41) is 5.14. The third-order valence-electron chi connectivity index (χ3n) is 5.44. The van der Waals surface area contributed by atoms with Gasteiger partial charge in [0.15, 0.2) is 0 Å². The highest BCUT2D eigenvalue weighted by atomic mass is 127. The van der Waals surface area contributed by atoms with E-state index < -0.39 is 0 Å². The van der Waals surface area contributed by atoms with E-state index in [2.05, 4.69) is 32.3 Å². The van der Waals surface area contributed by atoms with E-state index in [4.69, 9.17) is 9.72 Å². The van der Waals surface area contributed by atoms with Crippen LogP contribution in [0.15, 0.2) is 36.5 Å². The van der Waals surface area contributed by atoms with E-state index in [9.17, 15) is 9.18 Å². The SMILES string of the molecule is CC(=O)n1ncc2nc3c(cc21)c(I)c(C1CCOCC1)n3-c1ccc(F)cc1. The monoisotopic (exact) mass is 504 g/mol. The number of benzene rings is 1. The molecule has 3 aromatic heterocycles. The first kappa shape index (κ1) is 18.7. The standard InChI is InChI=1S/C21H18FIN4O2/c1-12(28)27-18-10-16-19(23)20(13-6-8-29-9-7-13)26(15-4-2-14(22)3-5-15)21(16)25-17(18)11-24-27/h2-5,10-11,13H,6-9H2,1H3. The summed E-state index contributed by atoms with van der Waals surface area (Å²) in [6, 6.07) is 8.47. The topological polar surface area (TPSA) is 61.9 Å². The summed E-state index contributed by atoms with van der Waals surface area (Å²) in [7, 11) is 0. The summed E-state index contributed by atoms with van der Waals surface area (Å²) in [6.45, 7) is 2.93. The highest BCUT2D eigenvalue weighted by molar-refractivity contribution is 14.1. The summed E-state index contributed by atoms with van der Waals surface area (Å²) in [5.41, 5.74) is 4.17. The van der Waals surface area contributed by atoms with Crippen molar-refractivity contribution in [3.05, 3.63) is 51.6 Å². The number of nitrogens with zero attached hydrogens (tertiary/aromatic N) is 4. The predicted molar refractivity (Wildman–Crippen MR) is 116 cm³/mol. The molecule has 0 N–H and O–H groups in total. The Kier molecular flexibility index (Phi) is 4.62. The maximum Gasteiger partial charge on any atom is 0.244 e. The van der Waals surface area contributed by atoms with Gasteiger partial charge >= 0.3 is 0 Å². The van der Waals surface area contributed by atoms with Crippen LogP contribution in [-0.2, 0) is 4.74 Å². The van der Waals surface area contributed by atoms with Crippen LogP contribution >= 0.6 is 22.6 Å². The number of carbonyl (C=O) groups excluding carboxylic acids is 1. The normalized spacial score (nSPS) is 15.4. The Balaban J connectivity index is 1.83. The number of pyridine rings is 1. The molecule has 29 heavy (non-hydrogen) atoms. The molecule has 4 heterocycles. The molecule has 1 aromatic carbocycles. The summed E-state index contributed by atoms with van der Waals surface area (Å²) in [4.78, 5) is 16.8. The Morgan fingerprint density at radius 3 is 2.66 bits per heavy atom. The lowest BCUT2D eigenvalue weighted by molar-refractivity contribution is 0.0841. The first-order valence-electron chi connectivity index (χ1n) is 9.48. The number of hydrogen-bond donors (Lipinski definition) is 0. The number of hydrogen-bond acceptors (Lipinski definition) is 4. The fourth-order valence-electron chi connectivity index (χ4n) is 4.06. The largest absolute Gasteiger partial charge is 0.381 e. The Bertz CT molecular complexity index is 1240. The van der Waals surface area contributed by atoms with Crippen molar-refractivity contribution in [3.8, 4) is 5.69 Å². The van der Waals surface area contributed by atoms with Crippen LogP contribution < -0.4 is 0 Å². The molecule has 1 saturated heterocycles. The van der Waals surface area contributed by atoms with Crippen molar-refractivity contribution in [2.75, 3.05) is 13.2 Å². The molecule has 0 bridgehead atoms. The van der Waals surface area contributed by atoms with Gasteiger partial charge in [-0.25, -0.2) is 9.37 Å². The molecule has 0 atom stereocenters. The molecule has 0 aliphatic carbocycles. The Morgan fingerprint density at radius 1 is 1.24 bits per heavy atom. The molecule has 8 heteroatoms. The van der Waals surface area contributed by atoms with Gasteiger partial charge in [0.1, 0.15) is 17.0 Å². The average molecular weight is 504 g/mol. The smallest absolute Gasteiger partial charge is 0.244 e. The summed E-state index contributed by atoms with van der Waals surface area (Å²) >= 11 is 2.36. The molecule has 0 radical (unpaired) electrons. The van der Waals surface area contributed by atoms with Gasteiger partial charge in [-0.05, 0) is 65.8 Å². The molecule has 5 rings (SSSR count). The fraction of sp³-hybridized carbons (Fsp3) is 0.286. The number of rotatable bonds is 2. The van der Waals surface area contributed by atoms with Crippen molar-refractivity contribution in [1.82, 2.24) is 19.3 Å². The van der Waals surface area contributed by atoms with Crippen molar-refractivity contribution in [2.45, 2.75) is 25.7 Å². The number of aromatic nitrogens is 4. The molecule has 6 nitrogen and oxygen atoms in total. The third kappa shape index (κ3) is 3.05. The Morgan fingerprint density at radius 2 is 1.97 bits per heavy atom. The van der Waals surface area contributed by atoms with Crippen LogP contribution in [0.1, 0.15) is 36.2 Å². The zero-order valence-corrected chi connectivity index (χ0v) is 17.9. The van der Waals surface area contributed by atoms with E-state index in [1.165, 1.54) is 23.7 Å². The first-order valence-corrected chi connectivity index (χ1v) is 10.6. The molecule has 0 spiro atoms. The van der Waals surface area contributed by atoms with Crippen molar-refractivity contribution < 1.29 is 13.9 Å². The van der Waals surface area contributed by atoms with Crippen LogP contribution in [0.4, 0.5) is 4.39 Å². The van der Waals surface area contributed by atoms with Gasteiger partial charge < -0.3 is 4.74 Å². The average Bonchev–Trinajstić information content (AvgIpc) is 3.27. The van der Waals surface area contributed by atoms with E-state index >= 15 is 0 Å². The number of halogens is 2. The highest BCUT2D eigenvalue weighted by Crippen LogP contribution is 2.39. The lowest BCUT2D eigenvalue weighted by atomic mass is 9.96. The highest BCUT2D eigenvalue weighted by Gasteiger charge is 2.27. The zero-order valence-electron chi connectivity index (χ0n) is 15.7. The van der Waals surface area contributed by atoms with Crippen molar-refractivity contribution >= 4 is 50.6 Å². The summed E-state index contributed by atoms with van der Waals surface area (Å²) < 4.78 is 23.7. The van der Waals surface area contributed by atoms with Crippen molar-refractivity contribution in [2.24, 2.45) is 0 Å². The molecular weight excluding hydrogens is 486 g/mol. The molecule has 148 valence electrons. The Hall–Kier alpha value is -2.33. The minimum Gasteiger partial charge on any atom is -0.381 e. The van der Waals surface area contributed by atoms with Gasteiger partial charge in [0.25, 0.3) is 0 Å². The molecule has 0 unspecified atom stereocenters. The zero-order chi connectivity index (χ0) is 20.1. The molecule has 1 aliphatic heterocycles. The van der Waals surface area contributed by atoms with Gasteiger partial charge in [0.2, 0.25) is 5.91 Å². The molecule has 0 amide bonds. The van der Waals surface area contributed by atoms with Gasteiger partial charge in [0, 0.05) is 46.4 Å². The number of ether oxygens (including phenoxy) is 1. The van der Waals surface area contributed by atoms with Crippen LogP contribution in [0.2, 0.25) is 0 Å². The van der Waals surface area contributed by atoms with Crippen LogP contribution in [-0.4, -0.2) is 38.5 Å². The van der Waals surface area contributed by atoms with Gasteiger partial charge in [-0.3, -0.25) is 9.36 Å². The summed E-state index contributed by atoms with van der Waals surface area (Å²) in [5.74, 6) is -0.105. The number of carbonyl (C=O) groups is 1. The lowest BCUT2D eigenvalue weighted by Gasteiger charge is -2.24. The minimum atomic E-state index is -0.273. The number of fused-ring (bicyclic) bond motifs is 2. The molecule has 0 saturated carbocycles. The molecule has 1 fully saturated rings. The quantitative estimate of drug-likeness (QED) is 0.373. The Labute approximate surface area is 179 Å². The maximum absolute atomic E-state index is 13.6. The van der Waals surface area contributed by atoms with Crippen molar-refractivity contribution in [1.29, 1.82) is 0 Å². The van der Waals surface area contributed by atoms with Gasteiger partial charge in [0.05, 0.1) is 11.7 Å². The molecule has 1 aliphatic rings. The van der Waals surface area contributed by atoms with E-state index in [0.717, 1.165) is 52.0 Å². The second-order valence-electron chi connectivity index (χ2n) is 7.24. The van der Waals surface area contributed by atoms with E-state index in [1.807, 2.05) is 6.07 Å². The fourth-order valence-corrected chi connectivity index (χ4v) is 5.14. The second kappa shape index (κ2) is 7.17. The van der Waals surface area contributed by atoms with Crippen LogP contribution in [0.5, 0.6) is 0 Å². The van der Waals surface area contributed by atoms with E-state index in [-0.39, 0.29) is 11.7 Å². The van der Waals surface area contributed by atoms with Crippen LogP contribution in [0, 0.1) is 9.39 Å². The third-order valence-corrected chi connectivity index (χ3v) is 6.57. The molecule has 4 aromatic rings. The lowest BCUT2D eigenvalue weighted by Crippen LogP contribution is -2.17. The van der Waals surface area contributed by atoms with Gasteiger partial charge in [-0.1, -0.05) is 0 Å². The predicted octanol–water partition coefficient (Wildman–Crippen LogP) is 4.67. The van der Waals surface area contributed by atoms with E-state index in [0.29, 0.717) is 17.0 Å². The first-order chi connectivity index (χ1) is 14.0. The molecular formula is C21H18FIN4O2.